The van der Waals surface area contributed by atoms with Crippen molar-refractivity contribution in [1.82, 2.24) is 10.2 Å². The average Bonchev–Trinajstić information content (AvgIpc) is 3.35. The second kappa shape index (κ2) is 19.2. The molecule has 4 aliphatic rings. The smallest absolute Gasteiger partial charge is 0.407 e. The molecule has 0 aromatic heterocycles. The zero-order valence-corrected chi connectivity index (χ0v) is 29.4. The molecule has 8 unspecified atom stereocenters. The number of nitrogens with zero attached hydrogens (tertiary/aromatic N) is 1. The molecule has 6 heteroatoms. The van der Waals surface area contributed by atoms with Crippen LogP contribution in [0.5, 0.6) is 0 Å². The summed E-state index contributed by atoms with van der Waals surface area (Å²) in [4.78, 5) is 15.2. The number of nitrogens with two attached hydrogens (primary N) is 2. The van der Waals surface area contributed by atoms with Crippen LogP contribution in [0.2, 0.25) is 0 Å². The van der Waals surface area contributed by atoms with Crippen LogP contribution in [0.15, 0.2) is 11.6 Å². The number of carbonyl (C=O) groups excluding carboxylic acids is 1. The van der Waals surface area contributed by atoms with Gasteiger partial charge in [-0.25, -0.2) is 4.79 Å². The van der Waals surface area contributed by atoms with Crippen LogP contribution in [-0.2, 0) is 4.74 Å². The molecule has 5 N–H and O–H groups in total. The van der Waals surface area contributed by atoms with Gasteiger partial charge in [-0.05, 0) is 150 Å². The van der Waals surface area contributed by atoms with Crippen LogP contribution in [0.3, 0.4) is 0 Å². The Morgan fingerprint density at radius 3 is 2.35 bits per heavy atom. The lowest BCUT2D eigenvalue weighted by Gasteiger charge is -2.58. The van der Waals surface area contributed by atoms with Crippen molar-refractivity contribution in [2.75, 3.05) is 39.3 Å². The number of rotatable bonds is 17. The lowest BCUT2D eigenvalue weighted by molar-refractivity contribution is -0.0581. The number of unbranched alkanes of at least 4 members (excludes halogenated alkanes) is 1. The van der Waals surface area contributed by atoms with Crippen molar-refractivity contribution in [3.05, 3.63) is 11.6 Å². The van der Waals surface area contributed by atoms with E-state index in [2.05, 4.69) is 50.9 Å². The molecule has 0 aromatic carbocycles. The first kappa shape index (κ1) is 41.1. The maximum Gasteiger partial charge on any atom is 0.407 e. The van der Waals surface area contributed by atoms with E-state index in [4.69, 9.17) is 16.2 Å². The van der Waals surface area contributed by atoms with E-state index >= 15 is 0 Å². The minimum atomic E-state index is -0.238. The molecule has 0 saturated heterocycles. The third-order valence-electron chi connectivity index (χ3n) is 13.1. The molecular weight excluding hydrogens is 568 g/mol. The highest BCUT2D eigenvalue weighted by Crippen LogP contribution is 2.67. The predicted octanol–water partition coefficient (Wildman–Crippen LogP) is 9.17. The first-order valence-corrected chi connectivity index (χ1v) is 18.9. The van der Waals surface area contributed by atoms with Crippen molar-refractivity contribution in [2.24, 2.45) is 57.8 Å². The first-order chi connectivity index (χ1) is 21.1. The van der Waals surface area contributed by atoms with Gasteiger partial charge in [-0.2, -0.15) is 0 Å². The molecule has 8 atom stereocenters. The molecule has 0 spiro atoms. The Balaban J connectivity index is 0.00000368. The van der Waals surface area contributed by atoms with Gasteiger partial charge in [0.2, 0.25) is 0 Å². The third-order valence-corrected chi connectivity index (χ3v) is 13.1. The Kier molecular flexibility index (Phi) is 17.1. The summed E-state index contributed by atoms with van der Waals surface area (Å²) in [7, 11) is 0. The molecule has 3 saturated carbocycles. The van der Waals surface area contributed by atoms with E-state index in [0.29, 0.717) is 23.9 Å². The second-order valence-corrected chi connectivity index (χ2v) is 16.3. The summed E-state index contributed by atoms with van der Waals surface area (Å²) >= 11 is 0. The Hall–Kier alpha value is -1.11. The summed E-state index contributed by atoms with van der Waals surface area (Å²) in [6.45, 7) is 17.7. The lowest BCUT2D eigenvalue weighted by Crippen LogP contribution is -2.51. The lowest BCUT2D eigenvalue weighted by atomic mass is 9.47. The summed E-state index contributed by atoms with van der Waals surface area (Å²) in [5.41, 5.74) is 13.8. The Labute approximate surface area is 286 Å². The molecule has 0 heterocycles. The van der Waals surface area contributed by atoms with Gasteiger partial charge in [-0.3, -0.25) is 0 Å². The third kappa shape index (κ3) is 9.97. The predicted molar refractivity (Wildman–Crippen MR) is 198 cm³/mol. The number of hydrogen-bond donors (Lipinski definition) is 3. The first-order valence-electron chi connectivity index (χ1n) is 18.9. The minimum absolute atomic E-state index is 0. The molecule has 0 radical (unpaired) electrons. The number of carbonyl (C=O) groups is 1. The van der Waals surface area contributed by atoms with Gasteiger partial charge in [-0.15, -0.1) is 0 Å². The fourth-order valence-electron chi connectivity index (χ4n) is 10.6. The van der Waals surface area contributed by atoms with Crippen LogP contribution in [0.1, 0.15) is 146 Å². The minimum Gasteiger partial charge on any atom is -0.446 e. The highest BCUT2D eigenvalue weighted by molar-refractivity contribution is 5.67. The van der Waals surface area contributed by atoms with Crippen LogP contribution in [0, 0.1) is 46.3 Å². The van der Waals surface area contributed by atoms with Crippen molar-refractivity contribution in [3.8, 4) is 0 Å². The summed E-state index contributed by atoms with van der Waals surface area (Å²) in [5, 5.41) is 3.04. The highest BCUT2D eigenvalue weighted by Gasteiger charge is 2.59. The number of amides is 1. The number of hydrogen-bond acceptors (Lipinski definition) is 5. The fourth-order valence-corrected chi connectivity index (χ4v) is 10.6. The van der Waals surface area contributed by atoms with E-state index in [1.807, 2.05) is 0 Å². The van der Waals surface area contributed by atoms with E-state index in [0.717, 1.165) is 107 Å². The molecular formula is C40H78N4O2. The highest BCUT2D eigenvalue weighted by atomic mass is 16.6. The summed E-state index contributed by atoms with van der Waals surface area (Å²) in [6.07, 6.45) is 20.7. The van der Waals surface area contributed by atoms with Gasteiger partial charge in [0.05, 0.1) is 0 Å². The Morgan fingerprint density at radius 1 is 0.913 bits per heavy atom. The van der Waals surface area contributed by atoms with Gasteiger partial charge in [0.15, 0.2) is 0 Å². The van der Waals surface area contributed by atoms with Gasteiger partial charge in [-0.1, -0.05) is 80.4 Å². The van der Waals surface area contributed by atoms with Gasteiger partial charge in [0.25, 0.3) is 0 Å². The largest absolute Gasteiger partial charge is 0.446 e. The zero-order chi connectivity index (χ0) is 31.7. The quantitative estimate of drug-likeness (QED) is 0.108. The van der Waals surface area contributed by atoms with Gasteiger partial charge < -0.3 is 26.4 Å². The molecule has 4 rings (SSSR count). The molecule has 1 amide bonds. The zero-order valence-electron chi connectivity index (χ0n) is 29.4. The van der Waals surface area contributed by atoms with Crippen LogP contribution >= 0.6 is 0 Å². The van der Waals surface area contributed by atoms with Crippen LogP contribution in [0.4, 0.5) is 4.79 Å². The van der Waals surface area contributed by atoms with Crippen molar-refractivity contribution in [3.63, 3.8) is 0 Å². The number of alkyl carbamates (subject to hydrolysis) is 1. The van der Waals surface area contributed by atoms with Crippen LogP contribution in [-0.4, -0.2) is 56.4 Å². The van der Waals surface area contributed by atoms with Crippen LogP contribution in [0.25, 0.3) is 0 Å². The van der Waals surface area contributed by atoms with Gasteiger partial charge in [0, 0.05) is 13.0 Å². The van der Waals surface area contributed by atoms with Crippen LogP contribution < -0.4 is 16.8 Å². The van der Waals surface area contributed by atoms with E-state index < -0.39 is 0 Å². The maximum atomic E-state index is 12.8. The van der Waals surface area contributed by atoms with Crippen molar-refractivity contribution in [2.45, 2.75) is 152 Å². The average molecular weight is 647 g/mol. The Bertz CT molecular complexity index is 923. The fraction of sp³-hybridized carbons (Fsp3) is 0.925. The molecule has 3 fully saturated rings. The summed E-state index contributed by atoms with van der Waals surface area (Å²) < 4.78 is 6.01. The maximum absolute atomic E-state index is 12.8. The number of ether oxygens (including phenoxy) is 1. The monoisotopic (exact) mass is 647 g/mol. The number of allylic oxidation sites excluding steroid dienone is 1. The molecule has 0 aromatic rings. The van der Waals surface area contributed by atoms with E-state index in [1.165, 1.54) is 51.4 Å². The topological polar surface area (TPSA) is 93.6 Å². The number of nitrogens with one attached hydrogen (secondary N) is 1. The summed E-state index contributed by atoms with van der Waals surface area (Å²) in [6, 6.07) is 0. The molecule has 4 aliphatic carbocycles. The van der Waals surface area contributed by atoms with Crippen molar-refractivity contribution in [1.29, 1.82) is 0 Å². The Morgan fingerprint density at radius 2 is 1.63 bits per heavy atom. The molecule has 0 bridgehead atoms. The summed E-state index contributed by atoms with van der Waals surface area (Å²) in [5.74, 6) is 5.13. The second-order valence-electron chi connectivity index (χ2n) is 16.3. The molecule has 6 nitrogen and oxygen atoms in total. The normalized spacial score (nSPS) is 32.4. The molecule has 46 heavy (non-hydrogen) atoms. The standard InChI is InChI=1S/C38H70N4O2.2CH4/c1-28(2)11-8-12-29(3)33-15-16-34-32-14-13-30-27-31(17-19-37(30,4)35(32)18-20-38(33,34)5)44-36(43)41-23-10-26-42(25-9-22-40)24-7-6-21-39;;/h13,28-29,31-35H,6-12,14-27,39-40H2,1-5H3,(H,41,43);2*1H4. The SMILES string of the molecule is C.C.CC(C)CCCC(C)C1CCC2C3CC=C4CC(OC(=O)NCCCN(CCCN)CCCCN)CCC4(C)C3CCC12C. The number of fused-ring (bicyclic) bond motifs is 5. The van der Waals surface area contributed by atoms with Gasteiger partial charge in [0.1, 0.15) is 6.10 Å². The van der Waals surface area contributed by atoms with E-state index in [-0.39, 0.29) is 27.1 Å². The van der Waals surface area contributed by atoms with Crippen molar-refractivity contribution < 1.29 is 9.53 Å². The van der Waals surface area contributed by atoms with E-state index in [1.54, 1.807) is 5.57 Å². The van der Waals surface area contributed by atoms with E-state index in [9.17, 15) is 4.79 Å². The van der Waals surface area contributed by atoms with Crippen molar-refractivity contribution >= 4 is 6.09 Å². The molecule has 0 aliphatic heterocycles. The van der Waals surface area contributed by atoms with Gasteiger partial charge >= 0.3 is 6.09 Å². The molecule has 270 valence electrons.